The van der Waals surface area contributed by atoms with Crippen molar-refractivity contribution >= 4 is 17.2 Å². The van der Waals surface area contributed by atoms with Crippen molar-refractivity contribution in [3.63, 3.8) is 0 Å². The molecule has 30 heavy (non-hydrogen) atoms. The van der Waals surface area contributed by atoms with E-state index >= 15 is 0 Å². The monoisotopic (exact) mass is 428 g/mol. The minimum Gasteiger partial charge on any atom is -0.333 e. The Labute approximate surface area is 176 Å². The van der Waals surface area contributed by atoms with Crippen molar-refractivity contribution in [1.29, 1.82) is 0 Å². The number of pyridine rings is 1. The Kier molecular flexibility index (Phi) is 5.24. The summed E-state index contributed by atoms with van der Waals surface area (Å²) in [5.41, 5.74) is 1.61. The first-order valence-corrected chi connectivity index (χ1v) is 10.2. The van der Waals surface area contributed by atoms with Gasteiger partial charge in [0, 0.05) is 40.2 Å². The van der Waals surface area contributed by atoms with Gasteiger partial charge in [-0.25, -0.2) is 0 Å². The summed E-state index contributed by atoms with van der Waals surface area (Å²) in [6.45, 7) is 6.44. The summed E-state index contributed by atoms with van der Waals surface area (Å²) in [4.78, 5) is 20.2. The number of rotatable bonds is 3. The minimum absolute atomic E-state index is 0.0428. The van der Waals surface area contributed by atoms with Gasteiger partial charge in [-0.05, 0) is 41.8 Å². The van der Waals surface area contributed by atoms with E-state index in [0.717, 1.165) is 33.1 Å². The molecule has 0 unspecified atom stereocenters. The van der Waals surface area contributed by atoms with E-state index in [4.69, 9.17) is 0 Å². The molecular weight excluding hydrogens is 409 g/mol. The van der Waals surface area contributed by atoms with E-state index in [1.807, 2.05) is 19.1 Å². The zero-order chi connectivity index (χ0) is 21.5. The Balaban J connectivity index is 1.89. The number of hydrogen-bond acceptors (Lipinski definition) is 3. The Bertz CT molecular complexity index is 1120. The van der Waals surface area contributed by atoms with Crippen LogP contribution >= 0.6 is 11.3 Å². The second-order valence-electron chi connectivity index (χ2n) is 7.22. The molecule has 7 heteroatoms. The predicted octanol–water partition coefficient (Wildman–Crippen LogP) is 5.80. The predicted molar refractivity (Wildman–Crippen MR) is 111 cm³/mol. The fraction of sp³-hybridized carbons (Fsp3) is 0.217. The first kappa shape index (κ1) is 20.3. The maximum absolute atomic E-state index is 13.7. The summed E-state index contributed by atoms with van der Waals surface area (Å²) in [5.74, 6) is -0.424. The lowest BCUT2D eigenvalue weighted by Gasteiger charge is -2.33. The molecule has 3 heterocycles. The van der Waals surface area contributed by atoms with Gasteiger partial charge in [0.1, 0.15) is 0 Å². The van der Waals surface area contributed by atoms with Crippen LogP contribution in [-0.4, -0.2) is 22.3 Å². The van der Waals surface area contributed by atoms with Crippen LogP contribution in [0.15, 0.2) is 61.4 Å². The minimum atomic E-state index is -4.49. The van der Waals surface area contributed by atoms with Crippen LogP contribution < -0.4 is 0 Å². The molecule has 1 atom stereocenters. The third-order valence-corrected chi connectivity index (χ3v) is 6.37. The van der Waals surface area contributed by atoms with E-state index in [2.05, 4.69) is 17.6 Å². The fourth-order valence-corrected chi connectivity index (χ4v) is 5.14. The molecule has 4 rings (SSSR count). The van der Waals surface area contributed by atoms with Gasteiger partial charge in [-0.1, -0.05) is 30.8 Å². The average Bonchev–Trinajstić information content (AvgIpc) is 3.12. The number of nitrogens with zero attached hydrogens (tertiary/aromatic N) is 2. The molecule has 0 saturated carbocycles. The molecular formula is C23H19F3N2OS. The molecule has 1 aliphatic heterocycles. The van der Waals surface area contributed by atoms with Crippen molar-refractivity contribution in [2.75, 3.05) is 6.54 Å². The zero-order valence-corrected chi connectivity index (χ0v) is 17.1. The third-order valence-electron chi connectivity index (χ3n) is 5.32. The number of carbonyl (C=O) groups excluding carboxylic acids is 1. The van der Waals surface area contributed by atoms with Crippen molar-refractivity contribution in [2.45, 2.75) is 25.6 Å². The molecule has 1 aliphatic rings. The second kappa shape index (κ2) is 7.72. The maximum Gasteiger partial charge on any atom is 0.417 e. The van der Waals surface area contributed by atoms with Crippen LogP contribution in [-0.2, 0) is 17.5 Å². The number of amides is 1. The van der Waals surface area contributed by atoms with Crippen molar-refractivity contribution in [1.82, 2.24) is 9.88 Å². The smallest absolute Gasteiger partial charge is 0.333 e. The zero-order valence-electron chi connectivity index (χ0n) is 16.2. The quantitative estimate of drug-likeness (QED) is 0.494. The van der Waals surface area contributed by atoms with Crippen molar-refractivity contribution < 1.29 is 18.0 Å². The number of benzene rings is 1. The summed E-state index contributed by atoms with van der Waals surface area (Å²) >= 11 is 1.61. The van der Waals surface area contributed by atoms with Crippen LogP contribution in [0.25, 0.3) is 11.1 Å². The van der Waals surface area contributed by atoms with Gasteiger partial charge in [0.25, 0.3) is 0 Å². The number of hydrogen-bond donors (Lipinski definition) is 0. The highest BCUT2D eigenvalue weighted by atomic mass is 32.1. The summed E-state index contributed by atoms with van der Waals surface area (Å²) < 4.78 is 41.0. The van der Waals surface area contributed by atoms with Crippen molar-refractivity contribution in [3.05, 3.63) is 87.9 Å². The molecule has 1 aromatic carbocycles. The maximum atomic E-state index is 13.7. The highest BCUT2D eigenvalue weighted by molar-refractivity contribution is 7.12. The van der Waals surface area contributed by atoms with Crippen LogP contribution in [0.3, 0.4) is 0 Å². The molecule has 0 bridgehead atoms. The highest BCUT2D eigenvalue weighted by Gasteiger charge is 2.36. The second-order valence-corrected chi connectivity index (χ2v) is 8.56. The fourth-order valence-electron chi connectivity index (χ4n) is 4.02. The van der Waals surface area contributed by atoms with Crippen LogP contribution in [0.1, 0.15) is 32.4 Å². The SMILES string of the molecule is C=CC(=O)N1Cc2sc(C)cc2[C@H](c2ccccc2-c2cnccc2C(F)(F)F)C1. The number of aromatic nitrogens is 1. The summed E-state index contributed by atoms with van der Waals surface area (Å²) in [6.07, 6.45) is -0.804. The standard InChI is InChI=1S/C23H19F3N2OS/c1-3-22(29)28-12-19(17-10-14(2)30-21(17)13-28)16-7-5-4-6-15(16)18-11-27-9-8-20(18)23(24,25)26/h3-11,19H,1,12-13H2,2H3/t19-/m0/s1. The highest BCUT2D eigenvalue weighted by Crippen LogP contribution is 2.44. The Morgan fingerprint density at radius 3 is 2.73 bits per heavy atom. The number of carbonyl (C=O) groups is 1. The first-order chi connectivity index (χ1) is 14.3. The average molecular weight is 428 g/mol. The van der Waals surface area contributed by atoms with Gasteiger partial charge in [0.2, 0.25) is 5.91 Å². The van der Waals surface area contributed by atoms with Crippen molar-refractivity contribution in [3.8, 4) is 11.1 Å². The van der Waals surface area contributed by atoms with Gasteiger partial charge < -0.3 is 4.90 Å². The molecule has 3 nitrogen and oxygen atoms in total. The van der Waals surface area contributed by atoms with E-state index in [0.29, 0.717) is 18.7 Å². The molecule has 1 amide bonds. The lowest BCUT2D eigenvalue weighted by atomic mass is 9.83. The van der Waals surface area contributed by atoms with Crippen LogP contribution in [0, 0.1) is 6.92 Å². The first-order valence-electron chi connectivity index (χ1n) is 9.40. The Morgan fingerprint density at radius 1 is 1.23 bits per heavy atom. The topological polar surface area (TPSA) is 33.2 Å². The Hall–Kier alpha value is -2.93. The molecule has 0 N–H and O–H groups in total. The lowest BCUT2D eigenvalue weighted by molar-refractivity contribution is -0.137. The van der Waals surface area contributed by atoms with Gasteiger partial charge in [-0.15, -0.1) is 11.3 Å². The van der Waals surface area contributed by atoms with Gasteiger partial charge >= 0.3 is 6.18 Å². The summed E-state index contributed by atoms with van der Waals surface area (Å²) in [6, 6.07) is 10.1. The number of fused-ring (bicyclic) bond motifs is 1. The van der Waals surface area contributed by atoms with Crippen LogP contribution in [0.4, 0.5) is 13.2 Å². The lowest BCUT2D eigenvalue weighted by Crippen LogP contribution is -2.37. The van der Waals surface area contributed by atoms with E-state index in [1.54, 1.807) is 28.4 Å². The van der Waals surface area contributed by atoms with Crippen LogP contribution in [0.5, 0.6) is 0 Å². The number of thiophene rings is 1. The van der Waals surface area contributed by atoms with E-state index in [-0.39, 0.29) is 17.4 Å². The van der Waals surface area contributed by atoms with E-state index < -0.39 is 11.7 Å². The number of aryl methyl sites for hydroxylation is 1. The molecule has 0 spiro atoms. The van der Waals surface area contributed by atoms with Crippen molar-refractivity contribution in [2.24, 2.45) is 0 Å². The van der Waals surface area contributed by atoms with E-state index in [1.165, 1.54) is 12.3 Å². The molecule has 2 aromatic heterocycles. The number of halogens is 3. The van der Waals surface area contributed by atoms with Crippen LogP contribution in [0.2, 0.25) is 0 Å². The summed E-state index contributed by atoms with van der Waals surface area (Å²) in [7, 11) is 0. The van der Waals surface area contributed by atoms with E-state index in [9.17, 15) is 18.0 Å². The largest absolute Gasteiger partial charge is 0.417 e. The third kappa shape index (κ3) is 3.65. The molecule has 154 valence electrons. The normalized spacial score (nSPS) is 16.3. The molecule has 0 aliphatic carbocycles. The van der Waals surface area contributed by atoms with Gasteiger partial charge in [-0.2, -0.15) is 13.2 Å². The van der Waals surface area contributed by atoms with Gasteiger partial charge in [-0.3, -0.25) is 9.78 Å². The van der Waals surface area contributed by atoms with Gasteiger partial charge in [0.15, 0.2) is 0 Å². The Morgan fingerprint density at radius 2 is 2.00 bits per heavy atom. The molecule has 0 saturated heterocycles. The molecule has 3 aromatic rings. The summed E-state index contributed by atoms with van der Waals surface area (Å²) in [5, 5.41) is 0. The molecule has 0 fully saturated rings. The number of alkyl halides is 3. The van der Waals surface area contributed by atoms with Gasteiger partial charge in [0.05, 0.1) is 12.1 Å². The molecule has 0 radical (unpaired) electrons.